The van der Waals surface area contributed by atoms with Gasteiger partial charge in [0.05, 0.1) is 0 Å². The molecule has 0 aliphatic carbocycles. The monoisotopic (exact) mass is 320 g/mol. The van der Waals surface area contributed by atoms with Crippen molar-refractivity contribution in [1.82, 2.24) is 0 Å². The normalized spacial score (nSPS) is 11.8. The van der Waals surface area contributed by atoms with Crippen LogP contribution in [0.2, 0.25) is 0 Å². The molecule has 0 N–H and O–H groups in total. The van der Waals surface area contributed by atoms with E-state index >= 15 is 0 Å². The average molecular weight is 320 g/mol. The lowest BCUT2D eigenvalue weighted by atomic mass is 10.0. The molecule has 2 rings (SSSR count). The maximum Gasteiger partial charge on any atom is 0.461 e. The Labute approximate surface area is 122 Å². The number of hydrogen-bond acceptors (Lipinski definition) is 1. The summed E-state index contributed by atoms with van der Waals surface area (Å²) in [4.78, 5) is 0. The molecule has 2 aromatic rings. The Bertz CT molecular complexity index is 639. The van der Waals surface area contributed by atoms with Crippen molar-refractivity contribution in [2.24, 2.45) is 0 Å². The van der Waals surface area contributed by atoms with Crippen LogP contribution in [0.25, 0.3) is 0 Å². The van der Waals surface area contributed by atoms with Crippen LogP contribution in [0.4, 0.5) is 26.3 Å². The molecule has 22 heavy (non-hydrogen) atoms. The van der Waals surface area contributed by atoms with Crippen LogP contribution in [0, 0.1) is 11.6 Å². The van der Waals surface area contributed by atoms with Crippen LogP contribution >= 0.6 is 0 Å². The highest BCUT2D eigenvalue weighted by Gasteiger charge is 2.44. The molecule has 118 valence electrons. The number of benzene rings is 2. The second-order valence-corrected chi connectivity index (χ2v) is 4.56. The average Bonchev–Trinajstić information content (AvgIpc) is 2.40. The highest BCUT2D eigenvalue weighted by atomic mass is 19.3. The van der Waals surface area contributed by atoms with E-state index in [-0.39, 0.29) is 12.0 Å². The Morgan fingerprint density at radius 1 is 0.864 bits per heavy atom. The smallest absolute Gasteiger partial charge is 0.428 e. The molecule has 0 aliphatic heterocycles. The summed E-state index contributed by atoms with van der Waals surface area (Å²) in [5.74, 6) is -2.06. The Hall–Kier alpha value is -2.18. The second kappa shape index (κ2) is 6.29. The van der Waals surface area contributed by atoms with Gasteiger partial charge in [-0.15, -0.1) is 0 Å². The zero-order valence-corrected chi connectivity index (χ0v) is 11.0. The van der Waals surface area contributed by atoms with Crippen LogP contribution in [0.1, 0.15) is 11.1 Å². The van der Waals surface area contributed by atoms with Crippen LogP contribution in [0.3, 0.4) is 0 Å². The quantitative estimate of drug-likeness (QED) is 0.720. The molecule has 0 radical (unpaired) electrons. The number of ether oxygens (including phenoxy) is 1. The first-order valence-corrected chi connectivity index (χ1v) is 6.15. The summed E-state index contributed by atoms with van der Waals surface area (Å²) in [5.41, 5.74) is 0.824. The van der Waals surface area contributed by atoms with Crippen molar-refractivity contribution in [3.8, 4) is 5.75 Å². The summed E-state index contributed by atoms with van der Waals surface area (Å²) in [6.07, 6.45) is -8.63. The molecular formula is C15H10F6O. The first-order valence-electron chi connectivity index (χ1n) is 6.15. The predicted octanol–water partition coefficient (Wildman–Crippen LogP) is 4.79. The second-order valence-electron chi connectivity index (χ2n) is 4.56. The molecular weight excluding hydrogens is 310 g/mol. The van der Waals surface area contributed by atoms with Crippen LogP contribution < -0.4 is 4.74 Å². The highest BCUT2D eigenvalue weighted by Crippen LogP contribution is 2.29. The Balaban J connectivity index is 2.21. The van der Waals surface area contributed by atoms with Gasteiger partial charge in [-0.3, -0.25) is 0 Å². The number of alkyl halides is 4. The summed E-state index contributed by atoms with van der Waals surface area (Å²) < 4.78 is 79.9. The van der Waals surface area contributed by atoms with Gasteiger partial charge in [0, 0.05) is 6.07 Å². The molecule has 2 aromatic carbocycles. The minimum atomic E-state index is -4.71. The lowest BCUT2D eigenvalue weighted by molar-refractivity contribution is -0.253. The highest BCUT2D eigenvalue weighted by molar-refractivity contribution is 5.33. The third-order valence-corrected chi connectivity index (χ3v) is 2.76. The topological polar surface area (TPSA) is 9.23 Å². The van der Waals surface area contributed by atoms with E-state index in [1.807, 2.05) is 0 Å². The van der Waals surface area contributed by atoms with Crippen LogP contribution in [0.15, 0.2) is 42.5 Å². The standard InChI is InChI=1S/C15H10F6O/c16-11-3-1-9(2-4-11)5-10-6-12(17)8-13(7-10)22-15(20,21)14(18)19/h1-4,6-8,14H,5H2. The zero-order valence-electron chi connectivity index (χ0n) is 11.0. The van der Waals surface area contributed by atoms with E-state index in [2.05, 4.69) is 4.74 Å². The minimum Gasteiger partial charge on any atom is -0.428 e. The molecule has 0 amide bonds. The van der Waals surface area contributed by atoms with Gasteiger partial charge in [-0.25, -0.2) is 8.78 Å². The summed E-state index contributed by atoms with van der Waals surface area (Å²) >= 11 is 0. The number of hydrogen-bond donors (Lipinski definition) is 0. The lowest BCUT2D eigenvalue weighted by Gasteiger charge is -2.17. The van der Waals surface area contributed by atoms with Gasteiger partial charge in [0.1, 0.15) is 17.4 Å². The van der Waals surface area contributed by atoms with Crippen molar-refractivity contribution in [1.29, 1.82) is 0 Å². The summed E-state index contributed by atoms with van der Waals surface area (Å²) in [7, 11) is 0. The Kier molecular flexibility index (Phi) is 4.63. The largest absolute Gasteiger partial charge is 0.461 e. The van der Waals surface area contributed by atoms with Crippen LogP contribution in [-0.4, -0.2) is 12.5 Å². The van der Waals surface area contributed by atoms with Crippen LogP contribution in [-0.2, 0) is 6.42 Å². The molecule has 0 aliphatic rings. The molecule has 0 atom stereocenters. The van der Waals surface area contributed by atoms with E-state index in [1.165, 1.54) is 24.3 Å². The van der Waals surface area contributed by atoms with Gasteiger partial charge in [0.25, 0.3) is 0 Å². The van der Waals surface area contributed by atoms with Gasteiger partial charge in [-0.2, -0.15) is 17.6 Å². The van der Waals surface area contributed by atoms with Crippen molar-refractivity contribution in [2.45, 2.75) is 19.0 Å². The molecule has 0 saturated heterocycles. The minimum absolute atomic E-state index is 0.106. The molecule has 0 unspecified atom stereocenters. The molecule has 0 saturated carbocycles. The van der Waals surface area contributed by atoms with Crippen molar-refractivity contribution in [2.75, 3.05) is 0 Å². The maximum atomic E-state index is 13.4. The van der Waals surface area contributed by atoms with E-state index in [9.17, 15) is 26.3 Å². The fourth-order valence-corrected chi connectivity index (χ4v) is 1.82. The third-order valence-electron chi connectivity index (χ3n) is 2.76. The van der Waals surface area contributed by atoms with Crippen molar-refractivity contribution < 1.29 is 31.1 Å². The van der Waals surface area contributed by atoms with E-state index in [0.29, 0.717) is 11.6 Å². The van der Waals surface area contributed by atoms with E-state index in [4.69, 9.17) is 0 Å². The van der Waals surface area contributed by atoms with Gasteiger partial charge in [0.15, 0.2) is 0 Å². The van der Waals surface area contributed by atoms with E-state index < -0.39 is 29.9 Å². The SMILES string of the molecule is Fc1ccc(Cc2cc(F)cc(OC(F)(F)C(F)F)c2)cc1. The predicted molar refractivity (Wildman–Crippen MR) is 67.2 cm³/mol. The lowest BCUT2D eigenvalue weighted by Crippen LogP contribution is -2.33. The molecule has 0 fully saturated rings. The number of rotatable bonds is 5. The molecule has 0 heterocycles. The van der Waals surface area contributed by atoms with E-state index in [1.54, 1.807) is 0 Å². The van der Waals surface area contributed by atoms with Gasteiger partial charge in [-0.1, -0.05) is 12.1 Å². The summed E-state index contributed by atoms with van der Waals surface area (Å²) in [6.45, 7) is 0. The molecule has 7 heteroatoms. The summed E-state index contributed by atoms with van der Waals surface area (Å²) in [5, 5.41) is 0. The van der Waals surface area contributed by atoms with Gasteiger partial charge in [-0.05, 0) is 41.8 Å². The molecule has 0 spiro atoms. The van der Waals surface area contributed by atoms with Gasteiger partial charge >= 0.3 is 12.5 Å². The maximum absolute atomic E-state index is 13.4. The van der Waals surface area contributed by atoms with Crippen molar-refractivity contribution >= 4 is 0 Å². The molecule has 0 aromatic heterocycles. The first-order chi connectivity index (χ1) is 10.3. The first kappa shape index (κ1) is 16.2. The van der Waals surface area contributed by atoms with Gasteiger partial charge < -0.3 is 4.74 Å². The Morgan fingerprint density at radius 2 is 1.50 bits per heavy atom. The molecule has 1 nitrogen and oxygen atoms in total. The Morgan fingerprint density at radius 3 is 2.09 bits per heavy atom. The number of halogens is 6. The fourth-order valence-electron chi connectivity index (χ4n) is 1.82. The molecule has 0 bridgehead atoms. The summed E-state index contributed by atoms with van der Waals surface area (Å²) in [6, 6.07) is 7.93. The van der Waals surface area contributed by atoms with E-state index in [0.717, 1.165) is 12.1 Å². The zero-order chi connectivity index (χ0) is 16.3. The van der Waals surface area contributed by atoms with Crippen molar-refractivity contribution in [3.05, 3.63) is 65.2 Å². The fraction of sp³-hybridized carbons (Fsp3) is 0.200. The van der Waals surface area contributed by atoms with Gasteiger partial charge in [0.2, 0.25) is 0 Å². The van der Waals surface area contributed by atoms with Crippen LogP contribution in [0.5, 0.6) is 5.75 Å². The van der Waals surface area contributed by atoms with Crippen molar-refractivity contribution in [3.63, 3.8) is 0 Å². The third kappa shape index (κ3) is 4.16.